The van der Waals surface area contributed by atoms with Crippen LogP contribution in [0.1, 0.15) is 12.8 Å². The summed E-state index contributed by atoms with van der Waals surface area (Å²) in [5.41, 5.74) is 5.95. The van der Waals surface area contributed by atoms with Gasteiger partial charge in [-0.1, -0.05) is 0 Å². The second kappa shape index (κ2) is 2.42. The van der Waals surface area contributed by atoms with Crippen LogP contribution in [-0.2, 0) is 0 Å². The van der Waals surface area contributed by atoms with Crippen LogP contribution in [0, 0.1) is 5.41 Å². The van der Waals surface area contributed by atoms with Gasteiger partial charge in [0.25, 0.3) is 0 Å². The molecule has 0 radical (unpaired) electrons. The van der Waals surface area contributed by atoms with Gasteiger partial charge in [-0.15, -0.1) is 17.0 Å². The van der Waals surface area contributed by atoms with E-state index in [-0.39, 0.29) is 17.0 Å². The van der Waals surface area contributed by atoms with E-state index in [0.717, 1.165) is 13.1 Å². The van der Waals surface area contributed by atoms with E-state index in [1.165, 1.54) is 12.8 Å². The van der Waals surface area contributed by atoms with Gasteiger partial charge in [-0.05, 0) is 12.8 Å². The first kappa shape index (κ1) is 7.85. The standard InChI is InChI=1S/C6H11N3.BrH/c7-5-8-3-6(1-2-6)4-9-5;/h1-4H2,(H3,7,8,9);1H. The molecular formula is C6H12BrN3. The molecule has 1 aliphatic carbocycles. The fourth-order valence-corrected chi connectivity index (χ4v) is 1.15. The lowest BCUT2D eigenvalue weighted by Gasteiger charge is -2.19. The average Bonchev–Trinajstić information content (AvgIpc) is 2.60. The predicted molar refractivity (Wildman–Crippen MR) is 46.5 cm³/mol. The van der Waals surface area contributed by atoms with E-state index in [4.69, 9.17) is 5.73 Å². The molecule has 2 aliphatic rings. The van der Waals surface area contributed by atoms with E-state index < -0.39 is 0 Å². The van der Waals surface area contributed by atoms with Crippen molar-refractivity contribution in [2.24, 2.45) is 16.1 Å². The Labute approximate surface area is 70.9 Å². The largest absolute Gasteiger partial charge is 0.370 e. The minimum atomic E-state index is 0. The monoisotopic (exact) mass is 205 g/mol. The molecule has 0 unspecified atom stereocenters. The minimum absolute atomic E-state index is 0. The molecule has 58 valence electrons. The molecule has 3 N–H and O–H groups in total. The highest BCUT2D eigenvalue weighted by atomic mass is 79.9. The lowest BCUT2D eigenvalue weighted by atomic mass is 10.1. The van der Waals surface area contributed by atoms with Crippen molar-refractivity contribution in [2.75, 3.05) is 13.1 Å². The van der Waals surface area contributed by atoms with E-state index in [2.05, 4.69) is 10.3 Å². The number of nitrogens with one attached hydrogen (secondary N) is 1. The Kier molecular flexibility index (Phi) is 1.90. The SMILES string of the molecule is Br.NC1=NCC2(CC2)CN1. The van der Waals surface area contributed by atoms with Gasteiger partial charge in [0.2, 0.25) is 0 Å². The van der Waals surface area contributed by atoms with Crippen molar-refractivity contribution in [3.8, 4) is 0 Å². The van der Waals surface area contributed by atoms with Crippen molar-refractivity contribution in [2.45, 2.75) is 12.8 Å². The van der Waals surface area contributed by atoms with Gasteiger partial charge in [-0.25, -0.2) is 0 Å². The van der Waals surface area contributed by atoms with Gasteiger partial charge < -0.3 is 11.1 Å². The fraction of sp³-hybridized carbons (Fsp3) is 0.833. The number of aliphatic imine (C=N–C) groups is 1. The molecular weight excluding hydrogens is 194 g/mol. The molecule has 0 aromatic rings. The number of nitrogens with zero attached hydrogens (tertiary/aromatic N) is 1. The zero-order chi connectivity index (χ0) is 6.32. The van der Waals surface area contributed by atoms with Crippen LogP contribution < -0.4 is 11.1 Å². The highest BCUT2D eigenvalue weighted by Gasteiger charge is 2.43. The maximum Gasteiger partial charge on any atom is 0.188 e. The third-order valence-corrected chi connectivity index (χ3v) is 2.19. The van der Waals surface area contributed by atoms with Crippen LogP contribution in [0.15, 0.2) is 4.99 Å². The minimum Gasteiger partial charge on any atom is -0.370 e. The summed E-state index contributed by atoms with van der Waals surface area (Å²) in [6.07, 6.45) is 2.66. The molecule has 0 saturated heterocycles. The number of nitrogens with two attached hydrogens (primary N) is 1. The van der Waals surface area contributed by atoms with Crippen LogP contribution >= 0.6 is 17.0 Å². The molecule has 0 aromatic heterocycles. The van der Waals surface area contributed by atoms with Gasteiger partial charge in [0.05, 0.1) is 6.54 Å². The summed E-state index contributed by atoms with van der Waals surface area (Å²) < 4.78 is 0. The Balaban J connectivity index is 0.000000500. The smallest absolute Gasteiger partial charge is 0.188 e. The Morgan fingerprint density at radius 3 is 2.60 bits per heavy atom. The van der Waals surface area contributed by atoms with Gasteiger partial charge in [0, 0.05) is 12.0 Å². The van der Waals surface area contributed by atoms with Crippen LogP contribution in [0.5, 0.6) is 0 Å². The lowest BCUT2D eigenvalue weighted by Crippen LogP contribution is -2.41. The number of rotatable bonds is 0. The molecule has 2 rings (SSSR count). The van der Waals surface area contributed by atoms with Crippen molar-refractivity contribution >= 4 is 22.9 Å². The first-order valence-corrected chi connectivity index (χ1v) is 3.35. The Morgan fingerprint density at radius 2 is 2.20 bits per heavy atom. The van der Waals surface area contributed by atoms with Gasteiger partial charge in [-0.3, -0.25) is 4.99 Å². The summed E-state index contributed by atoms with van der Waals surface area (Å²) in [6, 6.07) is 0. The number of guanidine groups is 1. The van der Waals surface area contributed by atoms with Gasteiger partial charge >= 0.3 is 0 Å². The van der Waals surface area contributed by atoms with E-state index in [9.17, 15) is 0 Å². The molecule has 3 nitrogen and oxygen atoms in total. The molecule has 1 saturated carbocycles. The summed E-state index contributed by atoms with van der Waals surface area (Å²) in [5, 5.41) is 3.06. The van der Waals surface area contributed by atoms with E-state index in [1.54, 1.807) is 0 Å². The molecule has 0 bridgehead atoms. The second-order valence-corrected chi connectivity index (χ2v) is 3.06. The maximum absolute atomic E-state index is 5.42. The molecule has 1 spiro atoms. The van der Waals surface area contributed by atoms with E-state index >= 15 is 0 Å². The molecule has 1 fully saturated rings. The van der Waals surface area contributed by atoms with E-state index in [0.29, 0.717) is 11.4 Å². The third kappa shape index (κ3) is 1.26. The predicted octanol–water partition coefficient (Wildman–Crippen LogP) is 0.262. The number of hydrogen-bond donors (Lipinski definition) is 2. The van der Waals surface area contributed by atoms with Crippen LogP contribution in [0.2, 0.25) is 0 Å². The maximum atomic E-state index is 5.42. The molecule has 10 heavy (non-hydrogen) atoms. The van der Waals surface area contributed by atoms with Crippen molar-refractivity contribution in [1.82, 2.24) is 5.32 Å². The third-order valence-electron chi connectivity index (χ3n) is 2.19. The van der Waals surface area contributed by atoms with Gasteiger partial charge in [0.1, 0.15) is 0 Å². The Hall–Kier alpha value is -0.250. The Bertz CT molecular complexity index is 162. The molecule has 1 heterocycles. The summed E-state index contributed by atoms with van der Waals surface area (Å²) >= 11 is 0. The lowest BCUT2D eigenvalue weighted by molar-refractivity contribution is 0.489. The zero-order valence-corrected chi connectivity index (χ0v) is 7.47. The van der Waals surface area contributed by atoms with Crippen molar-refractivity contribution < 1.29 is 0 Å². The van der Waals surface area contributed by atoms with Gasteiger partial charge in [-0.2, -0.15) is 0 Å². The van der Waals surface area contributed by atoms with E-state index in [1.807, 2.05) is 0 Å². The van der Waals surface area contributed by atoms with Crippen molar-refractivity contribution in [1.29, 1.82) is 0 Å². The zero-order valence-electron chi connectivity index (χ0n) is 5.76. The fourth-order valence-electron chi connectivity index (χ4n) is 1.15. The molecule has 0 amide bonds. The first-order valence-electron chi connectivity index (χ1n) is 3.35. The first-order chi connectivity index (χ1) is 4.31. The topological polar surface area (TPSA) is 50.4 Å². The molecule has 0 aromatic carbocycles. The van der Waals surface area contributed by atoms with Crippen LogP contribution in [0.3, 0.4) is 0 Å². The molecule has 1 aliphatic heterocycles. The van der Waals surface area contributed by atoms with Crippen LogP contribution in [0.25, 0.3) is 0 Å². The van der Waals surface area contributed by atoms with Crippen LogP contribution in [0.4, 0.5) is 0 Å². The summed E-state index contributed by atoms with van der Waals surface area (Å²) in [5.74, 6) is 0.618. The molecule has 4 heteroatoms. The average molecular weight is 206 g/mol. The summed E-state index contributed by atoms with van der Waals surface area (Å²) in [4.78, 5) is 4.13. The van der Waals surface area contributed by atoms with Crippen LogP contribution in [-0.4, -0.2) is 19.0 Å². The normalized spacial score (nSPS) is 26.2. The summed E-state index contributed by atoms with van der Waals surface area (Å²) in [7, 11) is 0. The second-order valence-electron chi connectivity index (χ2n) is 3.06. The highest BCUT2D eigenvalue weighted by molar-refractivity contribution is 8.93. The highest BCUT2D eigenvalue weighted by Crippen LogP contribution is 2.45. The van der Waals surface area contributed by atoms with Crippen molar-refractivity contribution in [3.05, 3.63) is 0 Å². The number of hydrogen-bond acceptors (Lipinski definition) is 3. The quantitative estimate of drug-likeness (QED) is 0.597. The van der Waals surface area contributed by atoms with Crippen molar-refractivity contribution in [3.63, 3.8) is 0 Å². The summed E-state index contributed by atoms with van der Waals surface area (Å²) in [6.45, 7) is 1.99. The molecule has 0 atom stereocenters. The van der Waals surface area contributed by atoms with Gasteiger partial charge in [0.15, 0.2) is 5.96 Å². The Morgan fingerprint density at radius 1 is 1.50 bits per heavy atom. The number of halogens is 1.